The summed E-state index contributed by atoms with van der Waals surface area (Å²) in [5.74, 6) is -0.728. The molecule has 0 bridgehead atoms. The van der Waals surface area contributed by atoms with Gasteiger partial charge in [0.05, 0.1) is 0 Å². The van der Waals surface area contributed by atoms with Crippen LogP contribution in [-0.4, -0.2) is 29.8 Å². The van der Waals surface area contributed by atoms with Crippen molar-refractivity contribution in [1.82, 2.24) is 4.90 Å². The number of hydrogen-bond acceptors (Lipinski definition) is 2. The van der Waals surface area contributed by atoms with Crippen LogP contribution in [0.4, 0.5) is 0 Å². The zero-order chi connectivity index (χ0) is 7.56. The van der Waals surface area contributed by atoms with E-state index in [1.807, 2.05) is 0 Å². The summed E-state index contributed by atoms with van der Waals surface area (Å²) in [5, 5.41) is 0. The molecular weight excluding hydrogens is 132 g/mol. The van der Waals surface area contributed by atoms with Gasteiger partial charge in [0.15, 0.2) is 0 Å². The Morgan fingerprint density at radius 3 is 2.30 bits per heavy atom. The van der Waals surface area contributed by atoms with Crippen molar-refractivity contribution in [3.8, 4) is 0 Å². The Balaban J connectivity index is 2.36. The first-order chi connectivity index (χ1) is 4.70. The fourth-order valence-corrected chi connectivity index (χ4v) is 0.529. The van der Waals surface area contributed by atoms with E-state index in [4.69, 9.17) is 5.73 Å². The molecular formula is C6H8N2O2. The van der Waals surface area contributed by atoms with Crippen LogP contribution in [0.2, 0.25) is 0 Å². The lowest BCUT2D eigenvalue weighted by atomic mass is 10.4. The lowest BCUT2D eigenvalue weighted by Crippen LogP contribution is -2.10. The molecule has 0 saturated carbocycles. The van der Waals surface area contributed by atoms with E-state index in [9.17, 15) is 9.59 Å². The summed E-state index contributed by atoms with van der Waals surface area (Å²) in [4.78, 5) is 22.4. The van der Waals surface area contributed by atoms with E-state index in [2.05, 4.69) is 0 Å². The van der Waals surface area contributed by atoms with E-state index in [0.717, 1.165) is 19.2 Å². The quantitative estimate of drug-likeness (QED) is 0.389. The van der Waals surface area contributed by atoms with Crippen molar-refractivity contribution in [2.24, 2.45) is 5.73 Å². The van der Waals surface area contributed by atoms with Gasteiger partial charge in [-0.2, -0.15) is 0 Å². The number of primary amides is 1. The van der Waals surface area contributed by atoms with Gasteiger partial charge in [0.25, 0.3) is 0 Å². The van der Waals surface area contributed by atoms with Crippen LogP contribution >= 0.6 is 0 Å². The van der Waals surface area contributed by atoms with Crippen molar-refractivity contribution in [1.29, 1.82) is 0 Å². The smallest absolute Gasteiger partial charge is 0.246 e. The van der Waals surface area contributed by atoms with Gasteiger partial charge in [-0.3, -0.25) is 9.59 Å². The molecule has 10 heavy (non-hydrogen) atoms. The Morgan fingerprint density at radius 1 is 1.30 bits per heavy atom. The zero-order valence-corrected chi connectivity index (χ0v) is 5.41. The molecule has 54 valence electrons. The van der Waals surface area contributed by atoms with Crippen LogP contribution in [0.3, 0.4) is 0 Å². The summed E-state index contributed by atoms with van der Waals surface area (Å²) in [7, 11) is 0. The number of nitrogens with two attached hydrogens (primary N) is 1. The largest absolute Gasteiger partial charge is 0.366 e. The van der Waals surface area contributed by atoms with Crippen LogP contribution in [0.5, 0.6) is 0 Å². The molecule has 0 spiro atoms. The summed E-state index contributed by atoms with van der Waals surface area (Å²) in [6.45, 7) is 1.59. The number of rotatable bonds is 2. The van der Waals surface area contributed by atoms with Gasteiger partial charge in [0, 0.05) is 25.2 Å². The number of amides is 2. The first-order valence-electron chi connectivity index (χ1n) is 2.96. The Bertz CT molecular complexity index is 194. The predicted molar refractivity (Wildman–Crippen MR) is 34.9 cm³/mol. The monoisotopic (exact) mass is 140 g/mol. The van der Waals surface area contributed by atoms with Crippen LogP contribution in [0, 0.1) is 0 Å². The van der Waals surface area contributed by atoms with E-state index >= 15 is 0 Å². The zero-order valence-electron chi connectivity index (χ0n) is 5.41. The van der Waals surface area contributed by atoms with Crippen LogP contribution in [0.15, 0.2) is 12.2 Å². The average molecular weight is 140 g/mol. The topological polar surface area (TPSA) is 63.2 Å². The molecule has 0 radical (unpaired) electrons. The van der Waals surface area contributed by atoms with E-state index < -0.39 is 5.91 Å². The van der Waals surface area contributed by atoms with Gasteiger partial charge in [-0.1, -0.05) is 0 Å². The fraction of sp³-hybridized carbons (Fsp3) is 0.333. The lowest BCUT2D eigenvalue weighted by Gasteiger charge is -1.90. The minimum Gasteiger partial charge on any atom is -0.366 e. The molecule has 0 aliphatic carbocycles. The van der Waals surface area contributed by atoms with Crippen molar-refractivity contribution in [2.45, 2.75) is 0 Å². The Morgan fingerprint density at radius 2 is 1.90 bits per heavy atom. The summed E-state index contributed by atoms with van der Waals surface area (Å²) in [5.41, 5.74) is 4.76. The Hall–Kier alpha value is -1.32. The number of nitrogens with zero attached hydrogens (tertiary/aromatic N) is 1. The van der Waals surface area contributed by atoms with Crippen molar-refractivity contribution in [3.63, 3.8) is 0 Å². The van der Waals surface area contributed by atoms with Crippen LogP contribution in [0.1, 0.15) is 0 Å². The maximum atomic E-state index is 10.7. The molecule has 0 unspecified atom stereocenters. The van der Waals surface area contributed by atoms with Crippen molar-refractivity contribution in [2.75, 3.05) is 13.1 Å². The molecule has 2 N–H and O–H groups in total. The molecule has 1 saturated heterocycles. The molecule has 2 amide bonds. The van der Waals surface area contributed by atoms with Gasteiger partial charge in [-0.15, -0.1) is 0 Å². The molecule has 0 aromatic carbocycles. The Kier molecular flexibility index (Phi) is 1.71. The number of carbonyl (C=O) groups excluding carboxylic acids is 2. The van der Waals surface area contributed by atoms with E-state index in [-0.39, 0.29) is 5.91 Å². The average Bonchev–Trinajstić information content (AvgIpc) is 2.63. The Labute approximate surface area is 58.3 Å². The lowest BCUT2D eigenvalue weighted by molar-refractivity contribution is -0.121. The standard InChI is InChI=1S/C6H8N2O2/c7-5(9)1-2-6(10)8-3-4-8/h1-2H,3-4H2,(H2,7,9)/b2-1+. The second kappa shape index (κ2) is 2.51. The van der Waals surface area contributed by atoms with Gasteiger partial charge in [-0.25, -0.2) is 0 Å². The SMILES string of the molecule is NC(=O)/C=C/C(=O)N1CC1. The molecule has 1 rings (SSSR count). The highest BCUT2D eigenvalue weighted by molar-refractivity contribution is 5.96. The van der Waals surface area contributed by atoms with Gasteiger partial charge < -0.3 is 10.6 Å². The van der Waals surface area contributed by atoms with Gasteiger partial charge in [0.2, 0.25) is 11.8 Å². The third-order valence-electron chi connectivity index (χ3n) is 1.15. The van der Waals surface area contributed by atoms with E-state index in [0.29, 0.717) is 0 Å². The maximum Gasteiger partial charge on any atom is 0.246 e. The van der Waals surface area contributed by atoms with Crippen molar-refractivity contribution in [3.05, 3.63) is 12.2 Å². The van der Waals surface area contributed by atoms with Crippen molar-refractivity contribution >= 4 is 11.8 Å². The summed E-state index contributed by atoms with van der Waals surface area (Å²) >= 11 is 0. The maximum absolute atomic E-state index is 10.7. The summed E-state index contributed by atoms with van der Waals surface area (Å²) in [6.07, 6.45) is 2.26. The third kappa shape index (κ3) is 1.89. The van der Waals surface area contributed by atoms with Crippen LogP contribution < -0.4 is 5.73 Å². The fourth-order valence-electron chi connectivity index (χ4n) is 0.529. The van der Waals surface area contributed by atoms with Crippen LogP contribution in [-0.2, 0) is 9.59 Å². The van der Waals surface area contributed by atoms with Crippen LogP contribution in [0.25, 0.3) is 0 Å². The molecule has 4 heteroatoms. The summed E-state index contributed by atoms with van der Waals surface area (Å²) in [6, 6.07) is 0. The minimum atomic E-state index is -0.588. The third-order valence-corrected chi connectivity index (χ3v) is 1.15. The van der Waals surface area contributed by atoms with Gasteiger partial charge in [-0.05, 0) is 0 Å². The molecule has 0 aromatic rings. The number of hydrogen-bond donors (Lipinski definition) is 1. The highest BCUT2D eigenvalue weighted by Gasteiger charge is 2.21. The second-order valence-corrected chi connectivity index (χ2v) is 2.06. The molecule has 1 fully saturated rings. The van der Waals surface area contributed by atoms with E-state index in [1.54, 1.807) is 4.90 Å². The first-order valence-corrected chi connectivity index (χ1v) is 2.96. The molecule has 1 aliphatic heterocycles. The van der Waals surface area contributed by atoms with E-state index in [1.165, 1.54) is 6.08 Å². The second-order valence-electron chi connectivity index (χ2n) is 2.06. The van der Waals surface area contributed by atoms with Gasteiger partial charge in [0.1, 0.15) is 0 Å². The van der Waals surface area contributed by atoms with Crippen molar-refractivity contribution < 1.29 is 9.59 Å². The first kappa shape index (κ1) is 6.80. The molecule has 1 heterocycles. The summed E-state index contributed by atoms with van der Waals surface area (Å²) < 4.78 is 0. The molecule has 4 nitrogen and oxygen atoms in total. The normalized spacial score (nSPS) is 15.8. The number of carbonyl (C=O) groups is 2. The molecule has 0 atom stereocenters. The molecule has 0 aromatic heterocycles. The predicted octanol–water partition coefficient (Wildman–Crippen LogP) is -1.13. The highest BCUT2D eigenvalue weighted by Crippen LogP contribution is 2.03. The molecule has 1 aliphatic rings. The minimum absolute atomic E-state index is 0.140. The highest BCUT2D eigenvalue weighted by atomic mass is 16.2. The van der Waals surface area contributed by atoms with Gasteiger partial charge >= 0.3 is 0 Å².